The van der Waals surface area contributed by atoms with E-state index in [1.807, 2.05) is 24.0 Å². The van der Waals surface area contributed by atoms with Crippen molar-refractivity contribution in [3.8, 4) is 5.75 Å². The minimum absolute atomic E-state index is 0.159. The van der Waals surface area contributed by atoms with Crippen LogP contribution >= 0.6 is 0 Å². The third-order valence-corrected chi connectivity index (χ3v) is 6.16. The van der Waals surface area contributed by atoms with E-state index in [0.29, 0.717) is 24.4 Å². The molecule has 1 amide bonds. The summed E-state index contributed by atoms with van der Waals surface area (Å²) in [4.78, 5) is 14.6. The van der Waals surface area contributed by atoms with Crippen LogP contribution in [-0.4, -0.2) is 53.4 Å². The number of carbonyl (C=O) groups is 1. The van der Waals surface area contributed by atoms with Crippen LogP contribution in [0.4, 0.5) is 0 Å². The fourth-order valence-corrected chi connectivity index (χ4v) is 4.46. The highest BCUT2D eigenvalue weighted by molar-refractivity contribution is 5.76. The predicted octanol–water partition coefficient (Wildman–Crippen LogP) is 1.70. The van der Waals surface area contributed by atoms with Crippen molar-refractivity contribution in [1.29, 1.82) is 0 Å². The van der Waals surface area contributed by atoms with Gasteiger partial charge in [-0.1, -0.05) is 12.1 Å². The molecule has 2 atom stereocenters. The molecule has 4 rings (SSSR count). The monoisotopic (exact) mass is 383 g/mol. The second-order valence-corrected chi connectivity index (χ2v) is 7.78. The number of nitrogens with zero attached hydrogens (tertiary/aromatic N) is 3. The fraction of sp³-hybridized carbons (Fsp3) is 0.524. The maximum Gasteiger partial charge on any atom is 0.244 e. The number of ether oxygens (including phenoxy) is 1. The molecule has 0 aliphatic carbocycles. The van der Waals surface area contributed by atoms with Crippen molar-refractivity contribution >= 4 is 5.91 Å². The molecule has 2 aliphatic heterocycles. The van der Waals surface area contributed by atoms with E-state index in [1.165, 1.54) is 5.56 Å². The van der Waals surface area contributed by atoms with Crippen LogP contribution in [0.3, 0.4) is 0 Å². The zero-order valence-electron chi connectivity index (χ0n) is 16.6. The molecule has 2 fully saturated rings. The van der Waals surface area contributed by atoms with Gasteiger partial charge in [-0.15, -0.1) is 0 Å². The van der Waals surface area contributed by atoms with Crippen molar-refractivity contribution in [2.24, 2.45) is 5.92 Å². The lowest BCUT2D eigenvalue weighted by Crippen LogP contribution is -2.46. The topological polar surface area (TPSA) is 71.4 Å². The standard InChI is InChI=1S/C21H29N5O2/c1-15-6-9-23-26(15)14-20(27)25-10-7-16(8-11-25)21-19(13-22-24-21)17-4-3-5-18(12-17)28-2/h3-6,9,12,16,19,21-22,24H,7-8,10-11,13-14H2,1-2H3. The molecule has 7 nitrogen and oxygen atoms in total. The van der Waals surface area contributed by atoms with E-state index >= 15 is 0 Å². The zero-order valence-corrected chi connectivity index (χ0v) is 16.6. The van der Waals surface area contributed by atoms with E-state index in [0.717, 1.165) is 43.9 Å². The SMILES string of the molecule is COc1cccc(C2CNNC2C2CCN(C(=O)Cn3nccc3C)CC2)c1. The summed E-state index contributed by atoms with van der Waals surface area (Å²) in [6.45, 7) is 4.85. The summed E-state index contributed by atoms with van der Waals surface area (Å²) in [7, 11) is 1.71. The number of hydrogen-bond acceptors (Lipinski definition) is 5. The molecular formula is C21H29N5O2. The molecule has 1 aromatic heterocycles. The summed E-state index contributed by atoms with van der Waals surface area (Å²) in [5.74, 6) is 2.01. The van der Waals surface area contributed by atoms with Crippen molar-refractivity contribution in [1.82, 2.24) is 25.5 Å². The van der Waals surface area contributed by atoms with E-state index in [4.69, 9.17) is 4.74 Å². The van der Waals surface area contributed by atoms with Crippen LogP contribution in [0.5, 0.6) is 5.75 Å². The van der Waals surface area contributed by atoms with Gasteiger partial charge in [0.25, 0.3) is 0 Å². The second kappa shape index (κ2) is 8.32. The highest BCUT2D eigenvalue weighted by atomic mass is 16.5. The molecule has 150 valence electrons. The maximum atomic E-state index is 12.6. The van der Waals surface area contributed by atoms with Crippen LogP contribution in [0.2, 0.25) is 0 Å². The van der Waals surface area contributed by atoms with Gasteiger partial charge in [0.1, 0.15) is 12.3 Å². The number of carbonyl (C=O) groups excluding carboxylic acids is 1. The Balaban J connectivity index is 1.36. The number of methoxy groups -OCH3 is 1. The normalized spacial score (nSPS) is 23.1. The van der Waals surface area contributed by atoms with Gasteiger partial charge in [0.05, 0.1) is 7.11 Å². The van der Waals surface area contributed by atoms with Crippen LogP contribution in [0, 0.1) is 12.8 Å². The van der Waals surface area contributed by atoms with E-state index < -0.39 is 0 Å². The second-order valence-electron chi connectivity index (χ2n) is 7.78. The van der Waals surface area contributed by atoms with Gasteiger partial charge in [0.2, 0.25) is 5.91 Å². The van der Waals surface area contributed by atoms with Gasteiger partial charge in [-0.25, -0.2) is 0 Å². The van der Waals surface area contributed by atoms with Gasteiger partial charge >= 0.3 is 0 Å². The summed E-state index contributed by atoms with van der Waals surface area (Å²) in [6.07, 6.45) is 3.78. The Morgan fingerprint density at radius 1 is 1.29 bits per heavy atom. The Bertz CT molecular complexity index is 813. The van der Waals surface area contributed by atoms with Gasteiger partial charge in [0, 0.05) is 43.5 Å². The molecular weight excluding hydrogens is 354 g/mol. The van der Waals surface area contributed by atoms with Gasteiger partial charge in [-0.3, -0.25) is 20.3 Å². The Morgan fingerprint density at radius 3 is 2.82 bits per heavy atom. The minimum Gasteiger partial charge on any atom is -0.497 e. The Labute approximate surface area is 166 Å². The van der Waals surface area contributed by atoms with Crippen LogP contribution in [0.1, 0.15) is 30.0 Å². The molecule has 3 heterocycles. The Hall–Kier alpha value is -2.38. The number of aryl methyl sites for hydroxylation is 1. The highest BCUT2D eigenvalue weighted by Gasteiger charge is 2.37. The number of nitrogens with one attached hydrogen (secondary N) is 2. The van der Waals surface area contributed by atoms with E-state index in [2.05, 4.69) is 34.1 Å². The lowest BCUT2D eigenvalue weighted by molar-refractivity contribution is -0.133. The predicted molar refractivity (Wildman–Crippen MR) is 107 cm³/mol. The van der Waals surface area contributed by atoms with Crippen molar-refractivity contribution in [2.45, 2.75) is 38.3 Å². The van der Waals surface area contributed by atoms with Crippen LogP contribution < -0.4 is 15.6 Å². The van der Waals surface area contributed by atoms with Crippen molar-refractivity contribution in [3.63, 3.8) is 0 Å². The smallest absolute Gasteiger partial charge is 0.244 e. The Kier molecular flexibility index (Phi) is 5.64. The first-order chi connectivity index (χ1) is 13.7. The number of benzene rings is 1. The summed E-state index contributed by atoms with van der Waals surface area (Å²) >= 11 is 0. The molecule has 0 bridgehead atoms. The zero-order chi connectivity index (χ0) is 19.5. The molecule has 2 aliphatic rings. The first kappa shape index (κ1) is 19.0. The molecule has 28 heavy (non-hydrogen) atoms. The van der Waals surface area contributed by atoms with E-state index in [1.54, 1.807) is 18.0 Å². The van der Waals surface area contributed by atoms with Gasteiger partial charge < -0.3 is 9.64 Å². The first-order valence-electron chi connectivity index (χ1n) is 10.0. The molecule has 0 spiro atoms. The summed E-state index contributed by atoms with van der Waals surface area (Å²) in [6, 6.07) is 10.7. The first-order valence-corrected chi connectivity index (χ1v) is 10.0. The fourth-order valence-electron chi connectivity index (χ4n) is 4.46. The number of hydrogen-bond donors (Lipinski definition) is 2. The highest BCUT2D eigenvalue weighted by Crippen LogP contribution is 2.33. The molecule has 2 N–H and O–H groups in total. The lowest BCUT2D eigenvalue weighted by Gasteiger charge is -2.36. The van der Waals surface area contributed by atoms with Crippen molar-refractivity contribution in [2.75, 3.05) is 26.7 Å². The molecule has 0 radical (unpaired) electrons. The largest absolute Gasteiger partial charge is 0.497 e. The third kappa shape index (κ3) is 3.91. The van der Waals surface area contributed by atoms with Crippen LogP contribution in [0.25, 0.3) is 0 Å². The summed E-state index contributed by atoms with van der Waals surface area (Å²) in [5.41, 5.74) is 9.15. The van der Waals surface area contributed by atoms with Gasteiger partial charge in [-0.05, 0) is 49.4 Å². The number of rotatable bonds is 5. The summed E-state index contributed by atoms with van der Waals surface area (Å²) in [5, 5.41) is 4.23. The number of piperidine rings is 1. The molecule has 2 unspecified atom stereocenters. The molecule has 1 aromatic carbocycles. The minimum atomic E-state index is 0.159. The third-order valence-electron chi connectivity index (χ3n) is 6.16. The quantitative estimate of drug-likeness (QED) is 0.822. The van der Waals surface area contributed by atoms with Crippen LogP contribution in [0.15, 0.2) is 36.5 Å². The van der Waals surface area contributed by atoms with Crippen LogP contribution in [-0.2, 0) is 11.3 Å². The summed E-state index contributed by atoms with van der Waals surface area (Å²) < 4.78 is 7.17. The van der Waals surface area contributed by atoms with Gasteiger partial charge in [-0.2, -0.15) is 5.10 Å². The maximum absolute atomic E-state index is 12.6. The molecule has 2 aromatic rings. The van der Waals surface area contributed by atoms with E-state index in [9.17, 15) is 4.79 Å². The number of hydrazine groups is 1. The molecule has 7 heteroatoms. The Morgan fingerprint density at radius 2 is 2.11 bits per heavy atom. The number of likely N-dealkylation sites (tertiary alicyclic amines) is 1. The molecule has 2 saturated heterocycles. The lowest BCUT2D eigenvalue weighted by atomic mass is 9.80. The van der Waals surface area contributed by atoms with Crippen molar-refractivity contribution in [3.05, 3.63) is 47.8 Å². The van der Waals surface area contributed by atoms with Gasteiger partial charge in [0.15, 0.2) is 0 Å². The molecule has 0 saturated carbocycles. The van der Waals surface area contributed by atoms with Crippen molar-refractivity contribution < 1.29 is 9.53 Å². The average molecular weight is 383 g/mol. The number of amides is 1. The number of aromatic nitrogens is 2. The van der Waals surface area contributed by atoms with E-state index in [-0.39, 0.29) is 5.91 Å². The average Bonchev–Trinajstić information content (AvgIpc) is 3.37.